The van der Waals surface area contributed by atoms with E-state index in [2.05, 4.69) is 5.32 Å². The van der Waals surface area contributed by atoms with Gasteiger partial charge in [-0.1, -0.05) is 26.0 Å². The molecule has 0 unspecified atom stereocenters. The molecule has 0 saturated carbocycles. The molecule has 2 nitrogen and oxygen atoms in total. The molecule has 0 aliphatic carbocycles. The molecular formula is C8H19NO. The molecule has 0 radical (unpaired) electrons. The summed E-state index contributed by atoms with van der Waals surface area (Å²) in [6.45, 7) is 7.74. The minimum Gasteiger partial charge on any atom is -0.395 e. The topological polar surface area (TPSA) is 32.3 Å². The number of rotatable bonds is 4. The fourth-order valence-electron chi connectivity index (χ4n) is 0.382. The number of hydrogen-bond donors (Lipinski definition) is 2. The Morgan fingerprint density at radius 3 is 2.40 bits per heavy atom. The SMILES string of the molecule is C/C=C/CNCCO.CC. The standard InChI is InChI=1S/C6H13NO.C2H6/c1-2-3-4-7-5-6-8;1-2/h2-3,7-8H,4-6H2,1H3;1-2H3/b3-2+;. The maximum atomic E-state index is 8.28. The summed E-state index contributed by atoms with van der Waals surface area (Å²) in [5.74, 6) is 0. The Morgan fingerprint density at radius 2 is 2.00 bits per heavy atom. The lowest BCUT2D eigenvalue weighted by molar-refractivity contribution is 0.294. The van der Waals surface area contributed by atoms with Crippen molar-refractivity contribution in [1.29, 1.82) is 0 Å². The summed E-state index contributed by atoms with van der Waals surface area (Å²) >= 11 is 0. The summed E-state index contributed by atoms with van der Waals surface area (Å²) < 4.78 is 0. The van der Waals surface area contributed by atoms with Gasteiger partial charge in [0.25, 0.3) is 0 Å². The van der Waals surface area contributed by atoms with Gasteiger partial charge in [0.05, 0.1) is 6.61 Å². The molecule has 2 N–H and O–H groups in total. The van der Waals surface area contributed by atoms with Crippen LogP contribution in [-0.4, -0.2) is 24.8 Å². The van der Waals surface area contributed by atoms with E-state index in [-0.39, 0.29) is 6.61 Å². The highest BCUT2D eigenvalue weighted by atomic mass is 16.3. The van der Waals surface area contributed by atoms with Crippen LogP contribution < -0.4 is 5.32 Å². The van der Waals surface area contributed by atoms with Gasteiger partial charge in [-0.25, -0.2) is 0 Å². The van der Waals surface area contributed by atoms with Crippen LogP contribution in [0.4, 0.5) is 0 Å². The van der Waals surface area contributed by atoms with Crippen molar-refractivity contribution < 1.29 is 5.11 Å². The van der Waals surface area contributed by atoms with Crippen LogP contribution in [0.2, 0.25) is 0 Å². The Balaban J connectivity index is 0. The van der Waals surface area contributed by atoms with Gasteiger partial charge >= 0.3 is 0 Å². The van der Waals surface area contributed by atoms with Crippen molar-refractivity contribution in [2.75, 3.05) is 19.7 Å². The van der Waals surface area contributed by atoms with E-state index in [9.17, 15) is 0 Å². The van der Waals surface area contributed by atoms with Crippen LogP contribution in [0.3, 0.4) is 0 Å². The number of aliphatic hydroxyl groups is 1. The third-order valence-electron chi connectivity index (χ3n) is 0.786. The fourth-order valence-corrected chi connectivity index (χ4v) is 0.382. The first-order chi connectivity index (χ1) is 4.91. The average molecular weight is 145 g/mol. The largest absolute Gasteiger partial charge is 0.395 e. The van der Waals surface area contributed by atoms with Gasteiger partial charge in [-0.15, -0.1) is 0 Å². The molecule has 0 aromatic carbocycles. The molecular weight excluding hydrogens is 126 g/mol. The summed E-state index contributed by atoms with van der Waals surface area (Å²) in [5, 5.41) is 11.3. The van der Waals surface area contributed by atoms with Crippen LogP contribution in [-0.2, 0) is 0 Å². The molecule has 0 aromatic heterocycles. The van der Waals surface area contributed by atoms with Crippen LogP contribution >= 0.6 is 0 Å². The molecule has 0 saturated heterocycles. The minimum atomic E-state index is 0.220. The summed E-state index contributed by atoms with van der Waals surface area (Å²) in [5.41, 5.74) is 0. The highest BCUT2D eigenvalue weighted by Crippen LogP contribution is 1.64. The minimum absolute atomic E-state index is 0.220. The van der Waals surface area contributed by atoms with E-state index in [4.69, 9.17) is 5.11 Å². The molecule has 0 fully saturated rings. The van der Waals surface area contributed by atoms with E-state index in [0.29, 0.717) is 6.54 Å². The molecule has 62 valence electrons. The first kappa shape index (κ1) is 12.3. The molecule has 2 heteroatoms. The summed E-state index contributed by atoms with van der Waals surface area (Å²) in [4.78, 5) is 0. The van der Waals surface area contributed by atoms with Crippen molar-refractivity contribution in [3.05, 3.63) is 12.2 Å². The van der Waals surface area contributed by atoms with Crippen molar-refractivity contribution in [1.82, 2.24) is 5.32 Å². The van der Waals surface area contributed by atoms with E-state index in [1.165, 1.54) is 0 Å². The van der Waals surface area contributed by atoms with Gasteiger partial charge in [-0.2, -0.15) is 0 Å². The highest BCUT2D eigenvalue weighted by molar-refractivity contribution is 4.78. The van der Waals surface area contributed by atoms with E-state index < -0.39 is 0 Å². The second-order valence-corrected chi connectivity index (χ2v) is 1.50. The Hall–Kier alpha value is -0.340. The van der Waals surface area contributed by atoms with Crippen LogP contribution in [0.25, 0.3) is 0 Å². The first-order valence-electron chi connectivity index (χ1n) is 3.84. The molecule has 0 aliphatic rings. The number of nitrogens with one attached hydrogen (secondary N) is 1. The van der Waals surface area contributed by atoms with Gasteiger partial charge in [0.2, 0.25) is 0 Å². The third kappa shape index (κ3) is 15.6. The zero-order valence-electron chi connectivity index (χ0n) is 7.22. The number of allylic oxidation sites excluding steroid dienone is 1. The molecule has 0 aromatic rings. The van der Waals surface area contributed by atoms with Gasteiger partial charge in [-0.05, 0) is 6.92 Å². The summed E-state index contributed by atoms with van der Waals surface area (Å²) in [7, 11) is 0. The second kappa shape index (κ2) is 15.9. The quantitative estimate of drug-likeness (QED) is 0.460. The number of aliphatic hydroxyl groups excluding tert-OH is 1. The highest BCUT2D eigenvalue weighted by Gasteiger charge is 1.75. The zero-order chi connectivity index (χ0) is 8.24. The second-order valence-electron chi connectivity index (χ2n) is 1.50. The molecule has 0 aliphatic heterocycles. The molecule has 0 rings (SSSR count). The fraction of sp³-hybridized carbons (Fsp3) is 0.750. The molecule has 0 heterocycles. The lowest BCUT2D eigenvalue weighted by Crippen LogP contribution is -2.17. The van der Waals surface area contributed by atoms with Crippen molar-refractivity contribution in [2.45, 2.75) is 20.8 Å². The van der Waals surface area contributed by atoms with Crippen molar-refractivity contribution in [3.8, 4) is 0 Å². The normalized spacial score (nSPS) is 9.20. The Labute approximate surface area is 64.0 Å². The van der Waals surface area contributed by atoms with Gasteiger partial charge in [0.15, 0.2) is 0 Å². The smallest absolute Gasteiger partial charge is 0.0556 e. The maximum absolute atomic E-state index is 8.28. The van der Waals surface area contributed by atoms with E-state index >= 15 is 0 Å². The van der Waals surface area contributed by atoms with Crippen LogP contribution in [0, 0.1) is 0 Å². The third-order valence-corrected chi connectivity index (χ3v) is 0.786. The van der Waals surface area contributed by atoms with Crippen LogP contribution in [0.15, 0.2) is 12.2 Å². The van der Waals surface area contributed by atoms with Gasteiger partial charge in [0, 0.05) is 13.1 Å². The Kier molecular flexibility index (Phi) is 19.6. The van der Waals surface area contributed by atoms with Crippen molar-refractivity contribution in [2.24, 2.45) is 0 Å². The monoisotopic (exact) mass is 145 g/mol. The van der Waals surface area contributed by atoms with Crippen molar-refractivity contribution >= 4 is 0 Å². The molecule has 10 heavy (non-hydrogen) atoms. The van der Waals surface area contributed by atoms with Gasteiger partial charge < -0.3 is 10.4 Å². The zero-order valence-corrected chi connectivity index (χ0v) is 7.22. The van der Waals surface area contributed by atoms with E-state index in [0.717, 1.165) is 6.54 Å². The molecule has 0 atom stereocenters. The predicted molar refractivity (Wildman–Crippen MR) is 46.1 cm³/mol. The average Bonchev–Trinajstić information content (AvgIpc) is 2.02. The summed E-state index contributed by atoms with van der Waals surface area (Å²) in [6, 6.07) is 0. The maximum Gasteiger partial charge on any atom is 0.0556 e. The molecule has 0 bridgehead atoms. The van der Waals surface area contributed by atoms with Gasteiger partial charge in [-0.3, -0.25) is 0 Å². The van der Waals surface area contributed by atoms with Gasteiger partial charge in [0.1, 0.15) is 0 Å². The molecule has 0 amide bonds. The van der Waals surface area contributed by atoms with E-state index in [1.54, 1.807) is 0 Å². The lowest BCUT2D eigenvalue weighted by atomic mass is 10.5. The first-order valence-corrected chi connectivity index (χ1v) is 3.84. The van der Waals surface area contributed by atoms with Crippen molar-refractivity contribution in [3.63, 3.8) is 0 Å². The Morgan fingerprint density at radius 1 is 1.40 bits per heavy atom. The van der Waals surface area contributed by atoms with Crippen LogP contribution in [0.1, 0.15) is 20.8 Å². The van der Waals surface area contributed by atoms with Crippen LogP contribution in [0.5, 0.6) is 0 Å². The predicted octanol–water partition coefficient (Wildman–Crippen LogP) is 1.17. The summed E-state index contributed by atoms with van der Waals surface area (Å²) in [6.07, 6.45) is 3.99. The molecule has 0 spiro atoms. The lowest BCUT2D eigenvalue weighted by Gasteiger charge is -1.93. The number of hydrogen-bond acceptors (Lipinski definition) is 2. The Bertz CT molecular complexity index is 62.3. The van der Waals surface area contributed by atoms with E-state index in [1.807, 2.05) is 32.9 Å².